The molecule has 14 aromatic rings. The Hall–Kier alpha value is -12.8. The molecule has 0 bridgehead atoms. The number of aryl methyl sites for hydroxylation is 5. The van der Waals surface area contributed by atoms with Gasteiger partial charge in [0.05, 0.1) is 63.3 Å². The second kappa shape index (κ2) is 33.6. The summed E-state index contributed by atoms with van der Waals surface area (Å²) in [4.78, 5) is 77.4. The van der Waals surface area contributed by atoms with Gasteiger partial charge in [-0.1, -0.05) is 90.9 Å². The Balaban J connectivity index is 0.000000138. The van der Waals surface area contributed by atoms with Crippen LogP contribution in [0, 0.1) is 31.3 Å². The van der Waals surface area contributed by atoms with Crippen molar-refractivity contribution in [1.29, 1.82) is 0 Å². The number of phenolic OH excluding ortho intramolecular Hbond substituents is 1. The van der Waals surface area contributed by atoms with Crippen molar-refractivity contribution in [2.75, 3.05) is 114 Å². The van der Waals surface area contributed by atoms with E-state index in [0.717, 1.165) is 56.7 Å². The Morgan fingerprint density at radius 3 is 1.33 bits per heavy atom. The molecular formula is C84H79Cl3F3N21O6. The molecule has 0 spiro atoms. The summed E-state index contributed by atoms with van der Waals surface area (Å²) >= 11 is 20.4. The summed E-state index contributed by atoms with van der Waals surface area (Å²) in [6.45, 7) is 21.2. The van der Waals surface area contributed by atoms with Crippen molar-refractivity contribution in [2.24, 2.45) is 14.1 Å². The van der Waals surface area contributed by atoms with Gasteiger partial charge in [-0.05, 0) is 129 Å². The number of piperazine rings is 3. The van der Waals surface area contributed by atoms with Gasteiger partial charge in [0.25, 0.3) is 0 Å². The number of nitrogens with zero attached hydrogens (tertiary/aromatic N) is 19. The zero-order valence-electron chi connectivity index (χ0n) is 64.7. The van der Waals surface area contributed by atoms with Gasteiger partial charge in [0.1, 0.15) is 45.6 Å². The van der Waals surface area contributed by atoms with Crippen LogP contribution in [-0.2, 0) is 34.9 Å². The van der Waals surface area contributed by atoms with Crippen LogP contribution < -0.4 is 24.2 Å². The molecule has 3 aliphatic heterocycles. The van der Waals surface area contributed by atoms with Crippen LogP contribution in [0.4, 0.5) is 30.6 Å². The average Bonchev–Trinajstić information content (AvgIpc) is 0.852. The maximum Gasteiger partial charge on any atom is 0.324 e. The first-order chi connectivity index (χ1) is 56.4. The summed E-state index contributed by atoms with van der Waals surface area (Å²) in [7, 11) is 7.53. The molecule has 17 rings (SSSR count). The number of amides is 3. The Morgan fingerprint density at radius 1 is 0.504 bits per heavy atom. The average molecular weight is 1640 g/mol. The topological polar surface area (TPSA) is 283 Å². The number of hydrogen-bond acceptors (Lipinski definition) is 20. The van der Waals surface area contributed by atoms with Crippen molar-refractivity contribution in [3.63, 3.8) is 0 Å². The van der Waals surface area contributed by atoms with Crippen LogP contribution in [-0.4, -0.2) is 211 Å². The van der Waals surface area contributed by atoms with Crippen molar-refractivity contribution in [2.45, 2.75) is 26.7 Å². The van der Waals surface area contributed by atoms with Gasteiger partial charge >= 0.3 is 12.0 Å². The highest BCUT2D eigenvalue weighted by molar-refractivity contribution is 6.36. The number of fused-ring (bicyclic) bond motifs is 6. The van der Waals surface area contributed by atoms with Crippen molar-refractivity contribution in [3.8, 4) is 62.7 Å². The number of aromatic amines is 2. The van der Waals surface area contributed by atoms with Gasteiger partial charge in [-0.3, -0.25) is 33.9 Å². The zero-order valence-corrected chi connectivity index (χ0v) is 67.0. The van der Waals surface area contributed by atoms with Crippen LogP contribution in [0.25, 0.3) is 98.7 Å². The fourth-order valence-electron chi connectivity index (χ4n) is 15.1. The highest BCUT2D eigenvalue weighted by Crippen LogP contribution is 2.47. The second-order valence-electron chi connectivity index (χ2n) is 28.7. The Morgan fingerprint density at radius 2 is 0.915 bits per heavy atom. The van der Waals surface area contributed by atoms with Crippen molar-refractivity contribution in [1.82, 2.24) is 89.5 Å². The van der Waals surface area contributed by atoms with Crippen molar-refractivity contribution >= 4 is 135 Å². The van der Waals surface area contributed by atoms with Crippen molar-refractivity contribution in [3.05, 3.63) is 203 Å². The van der Waals surface area contributed by atoms with Gasteiger partial charge in [-0.25, -0.2) is 23.1 Å². The molecule has 3 N–H and O–H groups in total. The maximum atomic E-state index is 16.6. The summed E-state index contributed by atoms with van der Waals surface area (Å²) in [6.07, 6.45) is 15.0. The second-order valence-corrected chi connectivity index (χ2v) is 29.9. The number of phenols is 1. The molecule has 27 nitrogen and oxygen atoms in total. The number of benzene rings is 7. The summed E-state index contributed by atoms with van der Waals surface area (Å²) in [5, 5.41) is 37.9. The van der Waals surface area contributed by atoms with E-state index >= 15 is 13.2 Å². The van der Waals surface area contributed by atoms with Gasteiger partial charge in [0.2, 0.25) is 17.7 Å². The lowest BCUT2D eigenvalue weighted by Crippen LogP contribution is -2.48. The third-order valence-corrected chi connectivity index (χ3v) is 21.8. The number of hydrogen-bond donors (Lipinski definition) is 3. The van der Waals surface area contributed by atoms with E-state index < -0.39 is 17.5 Å². The quantitative estimate of drug-likeness (QED) is 0.0714. The molecule has 117 heavy (non-hydrogen) atoms. The van der Waals surface area contributed by atoms with E-state index in [0.29, 0.717) is 153 Å². The summed E-state index contributed by atoms with van der Waals surface area (Å²) < 4.78 is 64.6. The lowest BCUT2D eigenvalue weighted by atomic mass is 9.95. The van der Waals surface area contributed by atoms with E-state index in [2.05, 4.69) is 85.0 Å². The zero-order chi connectivity index (χ0) is 82.2. The lowest BCUT2D eigenvalue weighted by molar-refractivity contribution is -0.127. The number of carbonyl (C=O) groups is 3. The fourth-order valence-corrected chi connectivity index (χ4v) is 15.9. The number of anilines is 3. The minimum absolute atomic E-state index is 0.0268. The van der Waals surface area contributed by atoms with Crippen LogP contribution in [0.2, 0.25) is 15.1 Å². The first-order valence-electron chi connectivity index (χ1n) is 37.6. The number of nitrogens with one attached hydrogen (secondary N) is 2. The van der Waals surface area contributed by atoms with Crippen molar-refractivity contribution < 1.29 is 42.1 Å². The van der Waals surface area contributed by atoms with Crippen LogP contribution in [0.3, 0.4) is 0 Å². The molecule has 3 amide bonds. The van der Waals surface area contributed by atoms with Gasteiger partial charge < -0.3 is 48.9 Å². The number of ether oxygens (including phenoxy) is 2. The molecule has 3 saturated heterocycles. The summed E-state index contributed by atoms with van der Waals surface area (Å²) in [5.41, 5.74) is 5.98. The maximum absolute atomic E-state index is 16.6. The number of rotatable bonds is 17. The Labute approximate surface area is 683 Å². The molecule has 0 unspecified atom stereocenters. The van der Waals surface area contributed by atoms with Crippen LogP contribution in [0.15, 0.2) is 154 Å². The molecule has 0 aliphatic carbocycles. The molecule has 33 heteroatoms. The van der Waals surface area contributed by atoms with E-state index in [1.54, 1.807) is 87.2 Å². The molecule has 0 atom stereocenters. The number of halogens is 6. The molecule has 3 aliphatic rings. The standard InChI is InChI=1S/C30H31ClFN5O2.2C27H24ClFN8O2/c1-4-26(39)36-12-14-37(15-13-36)30-23-18-24(31)27(22-17-20(38)16-19-8-5-6-9-21(19)22)28(32)29(23)33-25(34-30)10-7-11-35(2)3;2*1-4-21(38)36-7-9-37(10-8-36)26-17-11-19(28)23(22-15(2)5-6-20-18(22)13-30-34-20)24(29)25(17)32-27(33-26)39-16-12-31-35(3)14-16/h4-6,8-9,16-18,38H,1,7,10-15H2,2-3H3;2*4-6,11-14H,1,7-10H2,2-3H3,(H,30,34). The normalized spacial score (nSPS) is 13.9. The largest absolute Gasteiger partial charge is 0.508 e. The van der Waals surface area contributed by atoms with E-state index in [9.17, 15) is 19.5 Å². The third kappa shape index (κ3) is 16.1. The fraction of sp³-hybridized carbons (Fsp3) is 0.250. The number of carbonyl (C=O) groups excluding carboxylic acids is 3. The number of aromatic nitrogens is 14. The van der Waals surface area contributed by atoms with Gasteiger partial charge in [0, 0.05) is 154 Å². The first kappa shape index (κ1) is 79.5. The Kier molecular flexibility index (Phi) is 22.8. The molecular weight excluding hydrogens is 1560 g/mol. The van der Waals surface area contributed by atoms with Gasteiger partial charge in [-0.15, -0.1) is 0 Å². The van der Waals surface area contributed by atoms with Crippen LogP contribution in [0.5, 0.6) is 29.3 Å². The van der Waals surface area contributed by atoms with Gasteiger partial charge in [-0.2, -0.15) is 40.3 Å². The molecule has 0 radical (unpaired) electrons. The monoisotopic (exact) mass is 1640 g/mol. The highest BCUT2D eigenvalue weighted by Gasteiger charge is 2.32. The molecule has 3 fully saturated rings. The minimum atomic E-state index is -0.588. The summed E-state index contributed by atoms with van der Waals surface area (Å²) in [6, 6.07) is 23.3. The third-order valence-electron chi connectivity index (χ3n) is 20.9. The predicted molar refractivity (Wildman–Crippen MR) is 448 cm³/mol. The van der Waals surface area contributed by atoms with Crippen LogP contribution in [0.1, 0.15) is 23.4 Å². The molecule has 7 aromatic carbocycles. The van der Waals surface area contributed by atoms with E-state index in [1.807, 2.05) is 86.3 Å². The number of aromatic hydroxyl groups is 1. The molecule has 598 valence electrons. The predicted octanol–water partition coefficient (Wildman–Crippen LogP) is 14.5. The first-order valence-corrected chi connectivity index (χ1v) is 38.7. The van der Waals surface area contributed by atoms with Crippen LogP contribution >= 0.6 is 34.8 Å². The van der Waals surface area contributed by atoms with E-state index in [-0.39, 0.29) is 83.8 Å². The SMILES string of the molecule is C=CC(=O)N1CCN(c2nc(CCCN(C)C)nc3c(F)c(-c4cc(O)cc5ccccc45)c(Cl)cc23)CC1.C=CC(=O)N1CCN(c2nc(Oc3cnn(C)c3)nc3c(F)c(-c4c(C)ccc5[nH]ncc45)c(Cl)cc23)CC1.C=CC(=O)N1CCN(c2nc(Oc3cnn(C)c3)nc3c(F)c(-c4c(C)ccc5[nH]ncc45)c(Cl)cc23)CC1. The lowest BCUT2D eigenvalue weighted by Gasteiger charge is -2.35. The smallest absolute Gasteiger partial charge is 0.324 e. The Bertz CT molecular complexity index is 6010. The minimum Gasteiger partial charge on any atom is -0.508 e. The highest BCUT2D eigenvalue weighted by atomic mass is 35.5. The van der Waals surface area contributed by atoms with Gasteiger partial charge in [0.15, 0.2) is 29.0 Å². The summed E-state index contributed by atoms with van der Waals surface area (Å²) in [5.74, 6) is 0.852. The molecule has 0 saturated carbocycles. The molecule has 7 aromatic heterocycles. The molecule has 10 heterocycles. The van der Waals surface area contributed by atoms with E-state index in [4.69, 9.17) is 49.3 Å². The van der Waals surface area contributed by atoms with E-state index in [1.165, 1.54) is 36.7 Å². The number of H-pyrrole nitrogens is 2.